The Morgan fingerprint density at radius 2 is 1.90 bits per heavy atom. The summed E-state index contributed by atoms with van der Waals surface area (Å²) in [6.45, 7) is 3.84. The van der Waals surface area contributed by atoms with Crippen LogP contribution in [0.3, 0.4) is 0 Å². The molecule has 1 unspecified atom stereocenters. The standard InChI is InChI=1S/C15H17F3N2O/c1-10-7-11(2)20(19-10)9-13(21)8-12-5-3-4-6-14(12)15(16,17)18/h3-7,13,21H,8-9H2,1-2H3. The number of halogens is 3. The van der Waals surface area contributed by atoms with Gasteiger partial charge in [0.2, 0.25) is 0 Å². The van der Waals surface area contributed by atoms with Crippen LogP contribution in [0.25, 0.3) is 0 Å². The lowest BCUT2D eigenvalue weighted by atomic mass is 10.0. The lowest BCUT2D eigenvalue weighted by Crippen LogP contribution is -2.22. The fourth-order valence-electron chi connectivity index (χ4n) is 2.35. The van der Waals surface area contributed by atoms with E-state index in [1.807, 2.05) is 19.9 Å². The molecular formula is C15H17F3N2O. The predicted molar refractivity (Wildman–Crippen MR) is 72.9 cm³/mol. The first-order valence-corrected chi connectivity index (χ1v) is 6.61. The van der Waals surface area contributed by atoms with Crippen molar-refractivity contribution in [1.29, 1.82) is 0 Å². The van der Waals surface area contributed by atoms with Crippen molar-refractivity contribution >= 4 is 0 Å². The molecule has 1 N–H and O–H groups in total. The number of alkyl halides is 3. The van der Waals surface area contributed by atoms with E-state index in [2.05, 4.69) is 5.10 Å². The highest BCUT2D eigenvalue weighted by atomic mass is 19.4. The zero-order valence-corrected chi connectivity index (χ0v) is 11.9. The first kappa shape index (κ1) is 15.6. The van der Waals surface area contributed by atoms with Crippen molar-refractivity contribution in [3.05, 3.63) is 52.8 Å². The highest BCUT2D eigenvalue weighted by molar-refractivity contribution is 5.30. The van der Waals surface area contributed by atoms with Crippen LogP contribution >= 0.6 is 0 Å². The molecule has 0 amide bonds. The monoisotopic (exact) mass is 298 g/mol. The van der Waals surface area contributed by atoms with Crippen LogP contribution in [-0.4, -0.2) is 21.0 Å². The molecule has 0 aliphatic carbocycles. The van der Waals surface area contributed by atoms with Gasteiger partial charge >= 0.3 is 6.18 Å². The molecule has 21 heavy (non-hydrogen) atoms. The molecule has 1 aromatic heterocycles. The molecule has 0 radical (unpaired) electrons. The number of rotatable bonds is 4. The summed E-state index contributed by atoms with van der Waals surface area (Å²) in [6, 6.07) is 7.18. The van der Waals surface area contributed by atoms with Crippen molar-refractivity contribution in [3.63, 3.8) is 0 Å². The molecule has 0 spiro atoms. The molecule has 0 fully saturated rings. The van der Waals surface area contributed by atoms with Gasteiger partial charge in [0.1, 0.15) is 0 Å². The smallest absolute Gasteiger partial charge is 0.391 e. The van der Waals surface area contributed by atoms with Crippen LogP contribution in [0, 0.1) is 13.8 Å². The number of hydrogen-bond acceptors (Lipinski definition) is 2. The van der Waals surface area contributed by atoms with Gasteiger partial charge in [-0.3, -0.25) is 4.68 Å². The van der Waals surface area contributed by atoms with Crippen LogP contribution in [0.1, 0.15) is 22.5 Å². The zero-order valence-electron chi connectivity index (χ0n) is 11.9. The van der Waals surface area contributed by atoms with E-state index in [1.54, 1.807) is 10.7 Å². The van der Waals surface area contributed by atoms with E-state index in [9.17, 15) is 18.3 Å². The maximum Gasteiger partial charge on any atom is 0.416 e. The maximum absolute atomic E-state index is 12.9. The quantitative estimate of drug-likeness (QED) is 0.942. The van der Waals surface area contributed by atoms with Crippen molar-refractivity contribution in [1.82, 2.24) is 9.78 Å². The molecule has 1 aromatic carbocycles. The molecule has 0 saturated heterocycles. The average Bonchev–Trinajstić information content (AvgIpc) is 2.67. The first-order valence-electron chi connectivity index (χ1n) is 6.61. The minimum Gasteiger partial charge on any atom is -0.391 e. The second kappa shape index (κ2) is 5.89. The normalized spacial score (nSPS) is 13.4. The summed E-state index contributed by atoms with van der Waals surface area (Å²) in [6.07, 6.45) is -5.39. The lowest BCUT2D eigenvalue weighted by molar-refractivity contribution is -0.138. The van der Waals surface area contributed by atoms with Crippen LogP contribution in [-0.2, 0) is 19.1 Å². The molecule has 2 aromatic rings. The Labute approximate surface area is 121 Å². The topological polar surface area (TPSA) is 38.0 Å². The maximum atomic E-state index is 12.9. The molecule has 6 heteroatoms. The molecule has 0 bridgehead atoms. The number of aryl methyl sites for hydroxylation is 2. The highest BCUT2D eigenvalue weighted by Gasteiger charge is 2.33. The summed E-state index contributed by atoms with van der Waals surface area (Å²) in [4.78, 5) is 0. The summed E-state index contributed by atoms with van der Waals surface area (Å²) >= 11 is 0. The number of benzene rings is 1. The molecule has 0 saturated carbocycles. The summed E-state index contributed by atoms with van der Waals surface area (Å²) in [5.41, 5.74) is 1.09. The van der Waals surface area contributed by atoms with Crippen molar-refractivity contribution in [2.45, 2.75) is 39.1 Å². The molecule has 2 rings (SSSR count). The highest BCUT2D eigenvalue weighted by Crippen LogP contribution is 2.32. The van der Waals surface area contributed by atoms with E-state index < -0.39 is 17.8 Å². The molecule has 1 atom stereocenters. The number of hydrogen-bond donors (Lipinski definition) is 1. The molecular weight excluding hydrogens is 281 g/mol. The summed E-state index contributed by atoms with van der Waals surface area (Å²) < 4.78 is 40.3. The van der Waals surface area contributed by atoms with Crippen LogP contribution in [0.4, 0.5) is 13.2 Å². The Morgan fingerprint density at radius 1 is 1.24 bits per heavy atom. The number of aliphatic hydroxyl groups is 1. The molecule has 3 nitrogen and oxygen atoms in total. The fourth-order valence-corrected chi connectivity index (χ4v) is 2.35. The van der Waals surface area contributed by atoms with Gasteiger partial charge in [0.15, 0.2) is 0 Å². The molecule has 0 aliphatic rings. The van der Waals surface area contributed by atoms with Crippen LogP contribution < -0.4 is 0 Å². The third-order valence-corrected chi connectivity index (χ3v) is 3.27. The minimum absolute atomic E-state index is 0.0615. The second-order valence-electron chi connectivity index (χ2n) is 5.12. The van der Waals surface area contributed by atoms with Crippen molar-refractivity contribution in [3.8, 4) is 0 Å². The third-order valence-electron chi connectivity index (χ3n) is 3.27. The van der Waals surface area contributed by atoms with E-state index in [0.29, 0.717) is 0 Å². The summed E-state index contributed by atoms with van der Waals surface area (Å²) in [7, 11) is 0. The Bertz CT molecular complexity index is 620. The van der Waals surface area contributed by atoms with Crippen molar-refractivity contribution in [2.75, 3.05) is 0 Å². The van der Waals surface area contributed by atoms with Gasteiger partial charge in [-0.1, -0.05) is 18.2 Å². The Hall–Kier alpha value is -1.82. The lowest BCUT2D eigenvalue weighted by Gasteiger charge is -2.16. The SMILES string of the molecule is Cc1cc(C)n(CC(O)Cc2ccccc2C(F)(F)F)n1. The van der Waals surface area contributed by atoms with Gasteiger partial charge < -0.3 is 5.11 Å². The first-order chi connectivity index (χ1) is 9.77. The summed E-state index contributed by atoms with van der Waals surface area (Å²) in [5, 5.41) is 14.2. The van der Waals surface area contributed by atoms with Crippen molar-refractivity contribution < 1.29 is 18.3 Å². The summed E-state index contributed by atoms with van der Waals surface area (Å²) in [5.74, 6) is 0. The Morgan fingerprint density at radius 3 is 2.48 bits per heavy atom. The number of aromatic nitrogens is 2. The fraction of sp³-hybridized carbons (Fsp3) is 0.400. The zero-order chi connectivity index (χ0) is 15.6. The number of aliphatic hydroxyl groups excluding tert-OH is 1. The van der Waals surface area contributed by atoms with E-state index >= 15 is 0 Å². The second-order valence-corrected chi connectivity index (χ2v) is 5.12. The molecule has 0 aliphatic heterocycles. The Kier molecular flexibility index (Phi) is 4.37. The van der Waals surface area contributed by atoms with Gasteiger partial charge in [0, 0.05) is 12.1 Å². The number of nitrogens with zero attached hydrogens (tertiary/aromatic N) is 2. The van der Waals surface area contributed by atoms with E-state index in [-0.39, 0.29) is 18.5 Å². The van der Waals surface area contributed by atoms with E-state index in [1.165, 1.54) is 12.1 Å². The largest absolute Gasteiger partial charge is 0.416 e. The van der Waals surface area contributed by atoms with Gasteiger partial charge in [-0.15, -0.1) is 0 Å². The third kappa shape index (κ3) is 3.85. The van der Waals surface area contributed by atoms with Gasteiger partial charge in [-0.25, -0.2) is 0 Å². The molecule has 114 valence electrons. The van der Waals surface area contributed by atoms with Crippen LogP contribution in [0.5, 0.6) is 0 Å². The van der Waals surface area contributed by atoms with Gasteiger partial charge in [-0.2, -0.15) is 18.3 Å². The van der Waals surface area contributed by atoms with Crippen molar-refractivity contribution in [2.24, 2.45) is 0 Å². The van der Waals surface area contributed by atoms with Gasteiger partial charge in [0.05, 0.1) is 23.9 Å². The minimum atomic E-state index is -4.41. The van der Waals surface area contributed by atoms with Crippen LogP contribution in [0.2, 0.25) is 0 Å². The average molecular weight is 298 g/mol. The molecule has 1 heterocycles. The van der Waals surface area contributed by atoms with E-state index in [0.717, 1.165) is 17.5 Å². The van der Waals surface area contributed by atoms with Crippen LogP contribution in [0.15, 0.2) is 30.3 Å². The predicted octanol–water partition coefficient (Wildman–Crippen LogP) is 3.12. The Balaban J connectivity index is 2.13. The van der Waals surface area contributed by atoms with E-state index in [4.69, 9.17) is 0 Å². The van der Waals surface area contributed by atoms with Gasteiger partial charge in [0.25, 0.3) is 0 Å². The van der Waals surface area contributed by atoms with Gasteiger partial charge in [-0.05, 0) is 31.5 Å².